The number of nitrogen functional groups attached to an aromatic ring is 1. The van der Waals surface area contributed by atoms with Crippen molar-refractivity contribution < 1.29 is 39.0 Å². The maximum absolute atomic E-state index is 13.1. The first kappa shape index (κ1) is 31.6. The highest BCUT2D eigenvalue weighted by Crippen LogP contribution is 2.41. The molecule has 19 nitrogen and oxygen atoms in total. The molecule has 2 saturated heterocycles. The molecule has 0 aromatic carbocycles. The number of β-lactam (4-membered cyclic amide) rings is 1. The van der Waals surface area contributed by atoms with Gasteiger partial charge in [0.05, 0.1) is 13.2 Å². The highest BCUT2D eigenvalue weighted by molar-refractivity contribution is 8.01. The van der Waals surface area contributed by atoms with Crippen LogP contribution in [0.4, 0.5) is 5.13 Å². The lowest BCUT2D eigenvalue weighted by Crippen LogP contribution is -2.71. The lowest BCUT2D eigenvalue weighted by Gasteiger charge is -2.49. The minimum absolute atomic E-state index is 0.0242. The molecule has 0 radical (unpaired) electrons. The van der Waals surface area contributed by atoms with Gasteiger partial charge in [0, 0.05) is 49.2 Å². The number of nitrogens with one attached hydrogen (secondary N) is 1. The number of nitrogens with zero attached hydrogens (tertiary/aromatic N) is 9. The molecule has 5 N–H and O–H groups in total. The number of carboxylic acid groups (broad SMARTS) is 2. The molecule has 2 fully saturated rings. The van der Waals surface area contributed by atoms with E-state index in [0.717, 1.165) is 55.7 Å². The Kier molecular flexibility index (Phi) is 10.2. The summed E-state index contributed by atoms with van der Waals surface area (Å²) in [5.74, 6) is -3.87. The maximum atomic E-state index is 13.1. The largest absolute Gasteiger partial charge is 0.479 e. The topological polar surface area (TPSA) is 253 Å². The third-order valence-corrected chi connectivity index (χ3v) is 9.50. The zero-order chi connectivity index (χ0) is 31.2. The Morgan fingerprint density at radius 3 is 2.73 bits per heavy atom. The highest BCUT2D eigenvalue weighted by Gasteiger charge is 2.54. The van der Waals surface area contributed by atoms with Crippen LogP contribution in [-0.2, 0) is 35.3 Å². The van der Waals surface area contributed by atoms with E-state index in [2.05, 4.69) is 45.1 Å². The van der Waals surface area contributed by atoms with Crippen LogP contribution in [0.5, 0.6) is 0 Å². The molecule has 0 saturated carbocycles. The van der Waals surface area contributed by atoms with Gasteiger partial charge < -0.3 is 30.8 Å². The van der Waals surface area contributed by atoms with E-state index in [0.29, 0.717) is 17.3 Å². The van der Waals surface area contributed by atoms with Crippen molar-refractivity contribution in [3.8, 4) is 0 Å². The first-order chi connectivity index (χ1) is 21.2. The summed E-state index contributed by atoms with van der Waals surface area (Å²) < 4.78 is 10.9. The van der Waals surface area contributed by atoms with Gasteiger partial charge in [0.2, 0.25) is 23.3 Å². The Balaban J connectivity index is 1.22. The molecule has 2 atom stereocenters. The van der Waals surface area contributed by atoms with Crippen LogP contribution in [0.3, 0.4) is 0 Å². The summed E-state index contributed by atoms with van der Waals surface area (Å²) in [6, 6.07) is -1.09. The van der Waals surface area contributed by atoms with E-state index in [1.54, 1.807) is 4.68 Å². The number of amides is 2. The van der Waals surface area contributed by atoms with Crippen molar-refractivity contribution in [2.24, 2.45) is 5.16 Å². The van der Waals surface area contributed by atoms with Crippen LogP contribution in [0.25, 0.3) is 0 Å². The van der Waals surface area contributed by atoms with Gasteiger partial charge in [-0.05, 0) is 22.4 Å². The number of tetrazole rings is 1. The van der Waals surface area contributed by atoms with Crippen molar-refractivity contribution in [3.63, 3.8) is 0 Å². The van der Waals surface area contributed by atoms with E-state index in [9.17, 15) is 24.3 Å². The Morgan fingerprint density at radius 2 is 2.02 bits per heavy atom. The molecule has 44 heavy (non-hydrogen) atoms. The number of aryl methyl sites for hydroxylation is 1. The maximum Gasteiger partial charge on any atom is 0.352 e. The minimum atomic E-state index is -1.33. The Bertz CT molecular complexity index is 1470. The molecular weight excluding hydrogens is 643 g/mol. The molecule has 22 heteroatoms. The standard InChI is InChI=1S/C22H27N11O8S3/c23-21-25-16(28-44-21)13(27-41-8-12(34)35)17(36)24-14-18(37)33-15(20(38)39)11(9-42-19(14)33)10-43-22-26-29-30-32(22)3-1-2-31-4-6-40-7-5-31/h14,19H,1-10H2,(H,24,36)(H,34,35)(H,38,39)(H2,23,25,28)/t14?,19-/m0/s1. The number of aromatic nitrogens is 6. The van der Waals surface area contributed by atoms with E-state index >= 15 is 0 Å². The zero-order valence-electron chi connectivity index (χ0n) is 22.9. The van der Waals surface area contributed by atoms with E-state index < -0.39 is 47.5 Å². The number of anilines is 1. The van der Waals surface area contributed by atoms with Crippen molar-refractivity contribution in [3.05, 3.63) is 17.1 Å². The summed E-state index contributed by atoms with van der Waals surface area (Å²) in [7, 11) is 0. The van der Waals surface area contributed by atoms with Crippen molar-refractivity contribution in [2.75, 3.05) is 56.7 Å². The average Bonchev–Trinajstić information content (AvgIpc) is 3.65. The van der Waals surface area contributed by atoms with Crippen LogP contribution in [0.1, 0.15) is 12.2 Å². The molecule has 5 heterocycles. The highest BCUT2D eigenvalue weighted by atomic mass is 32.2. The van der Waals surface area contributed by atoms with Gasteiger partial charge >= 0.3 is 11.9 Å². The first-order valence-electron chi connectivity index (χ1n) is 13.1. The van der Waals surface area contributed by atoms with Crippen LogP contribution in [0, 0.1) is 0 Å². The Labute approximate surface area is 261 Å². The quantitative estimate of drug-likeness (QED) is 0.0746. The van der Waals surface area contributed by atoms with Crippen molar-refractivity contribution in [1.82, 2.24) is 44.7 Å². The molecule has 236 valence electrons. The van der Waals surface area contributed by atoms with Gasteiger partial charge in [-0.2, -0.15) is 9.36 Å². The molecule has 2 amide bonds. The number of rotatable bonds is 14. The van der Waals surface area contributed by atoms with Gasteiger partial charge in [-0.25, -0.2) is 14.3 Å². The SMILES string of the molecule is Nc1nc(C(=NOCC(=O)O)C(=O)NC2C(=O)N3C(C(=O)O)=C(CSc4nnnn4CCCN4CCOCC4)CS[C@@H]23)ns1. The van der Waals surface area contributed by atoms with Gasteiger partial charge in [0.25, 0.3) is 11.8 Å². The summed E-state index contributed by atoms with van der Waals surface area (Å²) in [5.41, 5.74) is 5.46. The minimum Gasteiger partial charge on any atom is -0.479 e. The van der Waals surface area contributed by atoms with E-state index in [4.69, 9.17) is 15.6 Å². The van der Waals surface area contributed by atoms with Crippen LogP contribution >= 0.6 is 35.1 Å². The summed E-state index contributed by atoms with van der Waals surface area (Å²) in [5, 5.41) is 36.6. The van der Waals surface area contributed by atoms with Gasteiger partial charge in [-0.1, -0.05) is 16.9 Å². The zero-order valence-corrected chi connectivity index (χ0v) is 25.3. The van der Waals surface area contributed by atoms with Crippen molar-refractivity contribution in [2.45, 2.75) is 29.5 Å². The number of thioether (sulfide) groups is 2. The number of carbonyl (C=O) groups is 4. The second-order valence-corrected chi connectivity index (χ2v) is 12.3. The predicted octanol–water partition coefficient (Wildman–Crippen LogP) is -1.83. The molecule has 0 bridgehead atoms. The second-order valence-electron chi connectivity index (χ2n) is 9.46. The first-order valence-corrected chi connectivity index (χ1v) is 15.9. The fourth-order valence-corrected chi connectivity index (χ4v) is 7.35. The molecule has 3 aliphatic heterocycles. The van der Waals surface area contributed by atoms with E-state index in [1.165, 1.54) is 23.5 Å². The van der Waals surface area contributed by atoms with Crippen molar-refractivity contribution in [1.29, 1.82) is 0 Å². The number of aliphatic carboxylic acids is 2. The Hall–Kier alpha value is -3.86. The molecule has 1 unspecified atom stereocenters. The van der Waals surface area contributed by atoms with Crippen LogP contribution < -0.4 is 11.1 Å². The van der Waals surface area contributed by atoms with Crippen LogP contribution in [0.2, 0.25) is 0 Å². The Morgan fingerprint density at radius 1 is 1.23 bits per heavy atom. The summed E-state index contributed by atoms with van der Waals surface area (Å²) in [4.78, 5) is 61.3. The van der Waals surface area contributed by atoms with E-state index in [1.807, 2.05) is 0 Å². The fraction of sp³-hybridized carbons (Fsp3) is 0.545. The summed E-state index contributed by atoms with van der Waals surface area (Å²) in [6.07, 6.45) is 0.832. The molecular formula is C22H27N11O8S3. The number of morpholine rings is 1. The van der Waals surface area contributed by atoms with Crippen LogP contribution in [0.15, 0.2) is 21.6 Å². The van der Waals surface area contributed by atoms with Gasteiger partial charge in [0.15, 0.2) is 5.13 Å². The molecule has 0 spiro atoms. The number of oxime groups is 1. The summed E-state index contributed by atoms with van der Waals surface area (Å²) in [6.45, 7) is 3.85. The molecule has 3 aliphatic rings. The predicted molar refractivity (Wildman–Crippen MR) is 155 cm³/mol. The number of fused-ring (bicyclic) bond motifs is 1. The van der Waals surface area contributed by atoms with E-state index in [-0.39, 0.29) is 28.2 Å². The van der Waals surface area contributed by atoms with Gasteiger partial charge in [-0.3, -0.25) is 19.4 Å². The molecule has 2 aromatic heterocycles. The monoisotopic (exact) mass is 669 g/mol. The number of carboxylic acids is 2. The molecule has 5 rings (SSSR count). The molecule has 2 aromatic rings. The number of nitrogens with two attached hydrogens (primary N) is 1. The normalized spacial score (nSPS) is 20.7. The fourth-order valence-electron chi connectivity index (χ4n) is 4.53. The number of carbonyl (C=O) groups excluding carboxylic acids is 2. The number of hydrogen-bond donors (Lipinski definition) is 4. The number of hydrogen-bond acceptors (Lipinski definition) is 17. The third-order valence-electron chi connectivity index (χ3n) is 6.57. The van der Waals surface area contributed by atoms with Crippen molar-refractivity contribution >= 4 is 69.7 Å². The lowest BCUT2D eigenvalue weighted by atomic mass is 10.0. The lowest BCUT2D eigenvalue weighted by molar-refractivity contribution is -0.150. The molecule has 0 aliphatic carbocycles. The third kappa shape index (κ3) is 7.26. The summed E-state index contributed by atoms with van der Waals surface area (Å²) >= 11 is 3.34. The van der Waals surface area contributed by atoms with Gasteiger partial charge in [0.1, 0.15) is 17.1 Å². The average molecular weight is 670 g/mol. The van der Waals surface area contributed by atoms with Crippen LogP contribution in [-0.4, -0.2) is 141 Å². The smallest absolute Gasteiger partial charge is 0.352 e. The second kappa shape index (κ2) is 14.3. The number of ether oxygens (including phenoxy) is 1. The van der Waals surface area contributed by atoms with Gasteiger partial charge in [-0.15, -0.1) is 16.9 Å².